The van der Waals surface area contributed by atoms with Crippen LogP contribution in [0.3, 0.4) is 0 Å². The Balaban J connectivity index is 1.93. The van der Waals surface area contributed by atoms with Crippen LogP contribution in [-0.4, -0.2) is 62.7 Å². The second-order valence-electron chi connectivity index (χ2n) is 6.34. The van der Waals surface area contributed by atoms with Gasteiger partial charge < -0.3 is 19.3 Å². The lowest BCUT2D eigenvalue weighted by Gasteiger charge is -2.28. The molecule has 0 fully saturated rings. The van der Waals surface area contributed by atoms with Gasteiger partial charge >= 0.3 is 0 Å². The van der Waals surface area contributed by atoms with E-state index in [1.165, 1.54) is 5.57 Å². The zero-order valence-corrected chi connectivity index (χ0v) is 15.1. The number of β-amino-alcohol motifs (C(OH)–C–C–N with tert-alkyl or cyclic N) is 1. The molecule has 1 N–H and O–H groups in total. The molecule has 1 heterocycles. The lowest BCUT2D eigenvalue weighted by atomic mass is 9.99. The average molecular weight is 335 g/mol. The van der Waals surface area contributed by atoms with Crippen LogP contribution >= 0.6 is 0 Å². The summed E-state index contributed by atoms with van der Waals surface area (Å²) in [5, 5.41) is 10.0. The predicted octanol–water partition coefficient (Wildman–Crippen LogP) is 2.58. The fourth-order valence-electron chi connectivity index (χ4n) is 2.83. The number of aliphatic hydroxyl groups is 1. The van der Waals surface area contributed by atoms with Gasteiger partial charge in [-0.1, -0.05) is 12.1 Å². The maximum atomic E-state index is 10.0. The average Bonchev–Trinajstić information content (AvgIpc) is 2.60. The molecule has 1 aromatic carbocycles. The summed E-state index contributed by atoms with van der Waals surface area (Å²) in [6.45, 7) is 6.75. The van der Waals surface area contributed by atoms with E-state index in [0.29, 0.717) is 13.2 Å². The normalized spacial score (nSPS) is 16.8. The van der Waals surface area contributed by atoms with Crippen LogP contribution in [0.2, 0.25) is 0 Å². The number of methoxy groups -OCH3 is 2. The van der Waals surface area contributed by atoms with Gasteiger partial charge in [-0.25, -0.2) is 0 Å². The Morgan fingerprint density at radius 3 is 2.50 bits per heavy atom. The zero-order chi connectivity index (χ0) is 17.5. The van der Waals surface area contributed by atoms with Gasteiger partial charge in [-0.2, -0.15) is 0 Å². The molecule has 0 aliphatic carbocycles. The number of benzene rings is 1. The van der Waals surface area contributed by atoms with Crippen molar-refractivity contribution in [3.05, 3.63) is 29.8 Å². The highest BCUT2D eigenvalue weighted by Gasteiger charge is 2.17. The Kier molecular flexibility index (Phi) is 7.09. The molecule has 0 saturated heterocycles. The monoisotopic (exact) mass is 335 g/mol. The summed E-state index contributed by atoms with van der Waals surface area (Å²) in [7, 11) is 3.29. The van der Waals surface area contributed by atoms with Gasteiger partial charge in [-0.15, -0.1) is 0 Å². The van der Waals surface area contributed by atoms with Crippen LogP contribution in [0.1, 0.15) is 25.8 Å². The molecule has 1 aromatic rings. The summed E-state index contributed by atoms with van der Waals surface area (Å²) in [5.41, 5.74) is 2.47. The van der Waals surface area contributed by atoms with Crippen molar-refractivity contribution in [3.8, 4) is 11.5 Å². The van der Waals surface area contributed by atoms with Gasteiger partial charge in [0.25, 0.3) is 0 Å². The van der Waals surface area contributed by atoms with Gasteiger partial charge in [0.05, 0.1) is 33.0 Å². The SMILES string of the molecule is COc1ccc(C2=CCN(CC(O)COC(C)C)CC2)cc1OC. The van der Waals surface area contributed by atoms with E-state index in [2.05, 4.69) is 17.0 Å². The fraction of sp³-hybridized carbons (Fsp3) is 0.579. The maximum Gasteiger partial charge on any atom is 0.161 e. The van der Waals surface area contributed by atoms with Crippen LogP contribution in [0.15, 0.2) is 24.3 Å². The van der Waals surface area contributed by atoms with Crippen LogP contribution in [0.5, 0.6) is 11.5 Å². The van der Waals surface area contributed by atoms with Crippen molar-refractivity contribution in [3.63, 3.8) is 0 Å². The van der Waals surface area contributed by atoms with Crippen LogP contribution in [0.25, 0.3) is 5.57 Å². The molecule has 0 radical (unpaired) electrons. The van der Waals surface area contributed by atoms with Crippen molar-refractivity contribution < 1.29 is 19.3 Å². The first-order chi connectivity index (χ1) is 11.5. The van der Waals surface area contributed by atoms with Crippen LogP contribution < -0.4 is 9.47 Å². The Labute approximate surface area is 144 Å². The van der Waals surface area contributed by atoms with Crippen LogP contribution in [0, 0.1) is 0 Å². The number of rotatable bonds is 8. The van der Waals surface area contributed by atoms with E-state index in [0.717, 1.165) is 36.6 Å². The Bertz CT molecular complexity index is 556. The van der Waals surface area contributed by atoms with Crippen molar-refractivity contribution in [2.24, 2.45) is 0 Å². The molecule has 0 aromatic heterocycles. The van der Waals surface area contributed by atoms with Crippen molar-refractivity contribution in [2.45, 2.75) is 32.5 Å². The van der Waals surface area contributed by atoms with Gasteiger partial charge in [0.1, 0.15) is 0 Å². The van der Waals surface area contributed by atoms with Crippen molar-refractivity contribution >= 4 is 5.57 Å². The molecular formula is C19H29NO4. The molecule has 5 nitrogen and oxygen atoms in total. The third-order valence-corrected chi connectivity index (χ3v) is 4.14. The number of ether oxygens (including phenoxy) is 3. The molecular weight excluding hydrogens is 306 g/mol. The first-order valence-corrected chi connectivity index (χ1v) is 8.47. The van der Waals surface area contributed by atoms with Crippen LogP contribution in [0.4, 0.5) is 0 Å². The van der Waals surface area contributed by atoms with Crippen molar-refractivity contribution in [1.29, 1.82) is 0 Å². The van der Waals surface area contributed by atoms with E-state index in [4.69, 9.17) is 14.2 Å². The molecule has 0 saturated carbocycles. The van der Waals surface area contributed by atoms with Crippen molar-refractivity contribution in [2.75, 3.05) is 40.5 Å². The molecule has 0 spiro atoms. The van der Waals surface area contributed by atoms with E-state index < -0.39 is 6.10 Å². The largest absolute Gasteiger partial charge is 0.493 e. The third kappa shape index (κ3) is 5.23. The molecule has 1 aliphatic rings. The Morgan fingerprint density at radius 2 is 1.92 bits per heavy atom. The van der Waals surface area contributed by atoms with Crippen LogP contribution in [-0.2, 0) is 4.74 Å². The second-order valence-corrected chi connectivity index (χ2v) is 6.34. The summed E-state index contributed by atoms with van der Waals surface area (Å²) < 4.78 is 16.1. The first kappa shape index (κ1) is 18.8. The smallest absolute Gasteiger partial charge is 0.161 e. The zero-order valence-electron chi connectivity index (χ0n) is 15.1. The maximum absolute atomic E-state index is 10.0. The molecule has 24 heavy (non-hydrogen) atoms. The van der Waals surface area contributed by atoms with E-state index >= 15 is 0 Å². The summed E-state index contributed by atoms with van der Waals surface area (Å²) in [6, 6.07) is 6.02. The van der Waals surface area contributed by atoms with E-state index in [1.807, 2.05) is 26.0 Å². The number of aliphatic hydroxyl groups excluding tert-OH is 1. The Morgan fingerprint density at radius 1 is 1.17 bits per heavy atom. The lowest BCUT2D eigenvalue weighted by Crippen LogP contribution is -2.37. The van der Waals surface area contributed by atoms with E-state index in [1.54, 1.807) is 14.2 Å². The topological polar surface area (TPSA) is 51.2 Å². The molecule has 0 amide bonds. The molecule has 1 unspecified atom stereocenters. The van der Waals surface area contributed by atoms with Gasteiger partial charge in [0.2, 0.25) is 0 Å². The van der Waals surface area contributed by atoms with E-state index in [9.17, 15) is 5.11 Å². The minimum atomic E-state index is -0.441. The van der Waals surface area contributed by atoms with Crippen molar-refractivity contribution in [1.82, 2.24) is 4.90 Å². The Hall–Kier alpha value is -1.56. The number of hydrogen-bond donors (Lipinski definition) is 1. The summed E-state index contributed by atoms with van der Waals surface area (Å²) in [6.07, 6.45) is 2.88. The molecule has 5 heteroatoms. The third-order valence-electron chi connectivity index (χ3n) is 4.14. The first-order valence-electron chi connectivity index (χ1n) is 8.47. The second kappa shape index (κ2) is 9.06. The molecule has 2 rings (SSSR count). The fourth-order valence-corrected chi connectivity index (χ4v) is 2.83. The molecule has 1 atom stereocenters. The highest BCUT2D eigenvalue weighted by atomic mass is 16.5. The van der Waals surface area contributed by atoms with Gasteiger partial charge in [0, 0.05) is 19.6 Å². The summed E-state index contributed by atoms with van der Waals surface area (Å²) in [4.78, 5) is 2.25. The van der Waals surface area contributed by atoms with Gasteiger partial charge in [-0.3, -0.25) is 4.90 Å². The van der Waals surface area contributed by atoms with Gasteiger partial charge in [-0.05, 0) is 43.5 Å². The van der Waals surface area contributed by atoms with E-state index in [-0.39, 0.29) is 6.10 Å². The van der Waals surface area contributed by atoms with Gasteiger partial charge in [0.15, 0.2) is 11.5 Å². The number of hydrogen-bond acceptors (Lipinski definition) is 5. The summed E-state index contributed by atoms with van der Waals surface area (Å²) >= 11 is 0. The standard InChI is InChI=1S/C19H29NO4/c1-14(2)24-13-17(21)12-20-9-7-15(8-10-20)16-5-6-18(22-3)19(11-16)23-4/h5-7,11,14,17,21H,8-10,12-13H2,1-4H3. The number of nitrogens with zero attached hydrogens (tertiary/aromatic N) is 1. The quantitative estimate of drug-likeness (QED) is 0.791. The highest BCUT2D eigenvalue weighted by molar-refractivity contribution is 5.69. The molecule has 0 bridgehead atoms. The highest BCUT2D eigenvalue weighted by Crippen LogP contribution is 2.32. The predicted molar refractivity (Wildman–Crippen MR) is 95.7 cm³/mol. The molecule has 134 valence electrons. The minimum absolute atomic E-state index is 0.151. The molecule has 1 aliphatic heterocycles. The summed E-state index contributed by atoms with van der Waals surface area (Å²) in [5.74, 6) is 1.49. The lowest BCUT2D eigenvalue weighted by molar-refractivity contribution is -0.00723. The minimum Gasteiger partial charge on any atom is -0.493 e.